The molecular formula is C15H19NO3. The topological polar surface area (TPSA) is 55.4 Å². The Morgan fingerprint density at radius 2 is 2.16 bits per heavy atom. The largest absolute Gasteiger partial charge is 0.479 e. The number of nitrogens with one attached hydrogen (secondary N) is 1. The van der Waals surface area contributed by atoms with Gasteiger partial charge in [-0.15, -0.1) is 0 Å². The van der Waals surface area contributed by atoms with E-state index >= 15 is 0 Å². The molecule has 0 aliphatic carbocycles. The molecule has 0 radical (unpaired) electrons. The molecule has 0 aromatic carbocycles. The zero-order valence-corrected chi connectivity index (χ0v) is 11.5. The highest BCUT2D eigenvalue weighted by Gasteiger charge is 2.48. The van der Waals surface area contributed by atoms with Gasteiger partial charge in [0, 0.05) is 12.5 Å². The minimum Gasteiger partial charge on any atom is -0.479 e. The van der Waals surface area contributed by atoms with Crippen molar-refractivity contribution in [2.24, 2.45) is 0 Å². The zero-order chi connectivity index (χ0) is 14.0. The normalized spacial score (nSPS) is 31.0. The molecule has 19 heavy (non-hydrogen) atoms. The number of hydrogen-bond donors (Lipinski definition) is 1. The quantitative estimate of drug-likeness (QED) is 0.624. The summed E-state index contributed by atoms with van der Waals surface area (Å²) in [5.74, 6) is -0.0547. The summed E-state index contributed by atoms with van der Waals surface area (Å²) in [7, 11) is 0. The van der Waals surface area contributed by atoms with Gasteiger partial charge in [0.25, 0.3) is 5.91 Å². The molecule has 1 unspecified atom stereocenters. The third kappa shape index (κ3) is 2.48. The maximum absolute atomic E-state index is 12.3. The van der Waals surface area contributed by atoms with Crippen LogP contribution in [-0.4, -0.2) is 23.3 Å². The fraction of sp³-hybridized carbons (Fsp3) is 0.467. The van der Waals surface area contributed by atoms with Crippen LogP contribution in [-0.2, 0) is 14.3 Å². The van der Waals surface area contributed by atoms with E-state index < -0.39 is 5.60 Å². The molecule has 2 atom stereocenters. The van der Waals surface area contributed by atoms with Crippen LogP contribution in [0.3, 0.4) is 0 Å². The van der Waals surface area contributed by atoms with Crippen LogP contribution in [0.1, 0.15) is 33.6 Å². The second-order valence-corrected chi connectivity index (χ2v) is 5.11. The maximum atomic E-state index is 12.3. The van der Waals surface area contributed by atoms with Gasteiger partial charge >= 0.3 is 0 Å². The Morgan fingerprint density at radius 3 is 2.84 bits per heavy atom. The van der Waals surface area contributed by atoms with Crippen molar-refractivity contribution in [1.82, 2.24) is 5.32 Å². The second-order valence-electron chi connectivity index (χ2n) is 5.11. The summed E-state index contributed by atoms with van der Waals surface area (Å²) in [6.07, 6.45) is 8.87. The minimum atomic E-state index is -1.05. The molecular weight excluding hydrogens is 242 g/mol. The Hall–Kier alpha value is -1.84. The van der Waals surface area contributed by atoms with Gasteiger partial charge in [0.1, 0.15) is 11.3 Å². The monoisotopic (exact) mass is 261 g/mol. The number of ketones is 1. The lowest BCUT2D eigenvalue weighted by Crippen LogP contribution is -2.40. The number of hydrogen-bond acceptors (Lipinski definition) is 3. The molecule has 4 heteroatoms. The molecule has 0 spiro atoms. The van der Waals surface area contributed by atoms with Gasteiger partial charge in [0.15, 0.2) is 5.60 Å². The lowest BCUT2D eigenvalue weighted by Gasteiger charge is -2.21. The predicted molar refractivity (Wildman–Crippen MR) is 72.3 cm³/mol. The first-order valence-corrected chi connectivity index (χ1v) is 6.60. The van der Waals surface area contributed by atoms with Gasteiger partial charge in [0.2, 0.25) is 5.78 Å². The summed E-state index contributed by atoms with van der Waals surface area (Å²) in [5, 5.41) is 2.76. The molecule has 0 saturated carbocycles. The summed E-state index contributed by atoms with van der Waals surface area (Å²) in [5.41, 5.74) is -0.867. The van der Waals surface area contributed by atoms with Crippen molar-refractivity contribution in [2.75, 3.05) is 0 Å². The van der Waals surface area contributed by atoms with Crippen molar-refractivity contribution in [2.45, 2.75) is 45.3 Å². The van der Waals surface area contributed by atoms with E-state index in [1.165, 1.54) is 0 Å². The number of Topliss-reactive ketones (excluding diaryl/α,β-unsaturated/α-hetero) is 1. The molecule has 0 bridgehead atoms. The van der Waals surface area contributed by atoms with Crippen molar-refractivity contribution in [3.8, 4) is 0 Å². The summed E-state index contributed by atoms with van der Waals surface area (Å²) in [6.45, 7) is 5.63. The third-order valence-corrected chi connectivity index (χ3v) is 3.29. The number of carbonyl (C=O) groups is 2. The van der Waals surface area contributed by atoms with Gasteiger partial charge < -0.3 is 10.1 Å². The van der Waals surface area contributed by atoms with Crippen LogP contribution >= 0.6 is 0 Å². The van der Waals surface area contributed by atoms with Gasteiger partial charge in [-0.05, 0) is 26.3 Å². The van der Waals surface area contributed by atoms with Crippen LogP contribution in [0.2, 0.25) is 0 Å². The highest BCUT2D eigenvalue weighted by Crippen LogP contribution is 2.36. The average molecular weight is 261 g/mol. The van der Waals surface area contributed by atoms with Crippen LogP contribution in [0.4, 0.5) is 0 Å². The number of carbonyl (C=O) groups excluding carboxylic acids is 2. The molecule has 0 fully saturated rings. The van der Waals surface area contributed by atoms with E-state index in [-0.39, 0.29) is 23.3 Å². The smallest absolute Gasteiger partial charge is 0.258 e. The van der Waals surface area contributed by atoms with Gasteiger partial charge in [-0.1, -0.05) is 25.2 Å². The molecule has 2 rings (SSSR count). The van der Waals surface area contributed by atoms with Crippen LogP contribution in [0.25, 0.3) is 0 Å². The van der Waals surface area contributed by atoms with Gasteiger partial charge in [-0.25, -0.2) is 0 Å². The van der Waals surface area contributed by atoms with E-state index in [0.717, 1.165) is 6.42 Å². The molecule has 2 aliphatic heterocycles. The van der Waals surface area contributed by atoms with E-state index in [1.807, 2.05) is 26.0 Å². The van der Waals surface area contributed by atoms with Crippen LogP contribution < -0.4 is 5.32 Å². The Morgan fingerprint density at radius 1 is 1.42 bits per heavy atom. The first-order valence-electron chi connectivity index (χ1n) is 6.60. The SMILES string of the molecule is CC/C=C/C=C/[C@@]1(C)OC2=C(C(=O)NC(C)C2)C1=O. The van der Waals surface area contributed by atoms with Gasteiger partial charge in [-0.3, -0.25) is 9.59 Å². The van der Waals surface area contributed by atoms with E-state index in [9.17, 15) is 9.59 Å². The molecule has 2 aliphatic rings. The van der Waals surface area contributed by atoms with E-state index in [0.29, 0.717) is 12.2 Å². The maximum Gasteiger partial charge on any atom is 0.258 e. The van der Waals surface area contributed by atoms with Gasteiger partial charge in [-0.2, -0.15) is 0 Å². The van der Waals surface area contributed by atoms with Crippen molar-refractivity contribution < 1.29 is 14.3 Å². The average Bonchev–Trinajstić information content (AvgIpc) is 2.57. The number of ether oxygens (including phenoxy) is 1. The summed E-state index contributed by atoms with van der Waals surface area (Å²) in [6, 6.07) is 0.00497. The lowest BCUT2D eigenvalue weighted by atomic mass is 9.93. The predicted octanol–water partition coefficient (Wildman–Crippen LogP) is 2.03. The van der Waals surface area contributed by atoms with Crippen molar-refractivity contribution >= 4 is 11.7 Å². The first kappa shape index (κ1) is 13.6. The van der Waals surface area contributed by atoms with Crippen molar-refractivity contribution in [1.29, 1.82) is 0 Å². The standard InChI is InChI=1S/C15H19NO3/c1-4-5-6-7-8-15(3)13(17)12-11(19-15)9-10(2)16-14(12)18/h5-8,10H,4,9H2,1-3H3,(H,16,18)/b6-5+,8-7+/t10?,15-/m1/s1. The fourth-order valence-electron chi connectivity index (χ4n) is 2.29. The summed E-state index contributed by atoms with van der Waals surface area (Å²) < 4.78 is 5.73. The molecule has 0 aromatic heterocycles. The zero-order valence-electron chi connectivity index (χ0n) is 11.5. The van der Waals surface area contributed by atoms with Crippen LogP contribution in [0, 0.1) is 0 Å². The highest BCUT2D eigenvalue weighted by atomic mass is 16.5. The first-order chi connectivity index (χ1) is 8.98. The Balaban J connectivity index is 2.22. The van der Waals surface area contributed by atoms with Crippen LogP contribution in [0.15, 0.2) is 35.6 Å². The highest BCUT2D eigenvalue weighted by molar-refractivity contribution is 6.24. The van der Waals surface area contributed by atoms with Crippen molar-refractivity contribution in [3.63, 3.8) is 0 Å². The summed E-state index contributed by atoms with van der Waals surface area (Å²) in [4.78, 5) is 24.2. The Bertz CT molecular complexity index is 502. The summed E-state index contributed by atoms with van der Waals surface area (Å²) >= 11 is 0. The number of rotatable bonds is 3. The molecule has 2 heterocycles. The molecule has 1 amide bonds. The second kappa shape index (κ2) is 5.03. The minimum absolute atomic E-state index is 0.00497. The Kier molecular flexibility index (Phi) is 3.60. The fourth-order valence-corrected chi connectivity index (χ4v) is 2.29. The van der Waals surface area contributed by atoms with Crippen molar-refractivity contribution in [3.05, 3.63) is 35.6 Å². The molecule has 0 saturated heterocycles. The van der Waals surface area contributed by atoms with E-state index in [1.54, 1.807) is 19.1 Å². The molecule has 0 aromatic rings. The van der Waals surface area contributed by atoms with Gasteiger partial charge in [0.05, 0.1) is 0 Å². The van der Waals surface area contributed by atoms with E-state index in [2.05, 4.69) is 5.32 Å². The lowest BCUT2D eigenvalue weighted by molar-refractivity contribution is -0.127. The third-order valence-electron chi connectivity index (χ3n) is 3.29. The molecule has 1 N–H and O–H groups in total. The molecule has 102 valence electrons. The number of allylic oxidation sites excluding steroid dienone is 3. The van der Waals surface area contributed by atoms with E-state index in [4.69, 9.17) is 4.74 Å². The number of amides is 1. The Labute approximate surface area is 113 Å². The van der Waals surface area contributed by atoms with Crippen LogP contribution in [0.5, 0.6) is 0 Å². The molecule has 4 nitrogen and oxygen atoms in total.